The van der Waals surface area contributed by atoms with Gasteiger partial charge >= 0.3 is 0 Å². The standard InChI is InChI=1S/C15H15BrN2O3S/c1-18(15(19)11-4-3-5-12(16)10-11)14-8-6-13(7-9-14)17-22(2,20)21/h3-10,17H,1-2H3. The predicted octanol–water partition coefficient (Wildman–Crippen LogP) is 3.10. The van der Waals surface area contributed by atoms with Gasteiger partial charge in [-0.25, -0.2) is 8.42 Å². The molecule has 0 spiro atoms. The molecule has 2 aromatic carbocycles. The molecule has 116 valence electrons. The third-order valence-corrected chi connectivity index (χ3v) is 4.03. The van der Waals surface area contributed by atoms with Gasteiger partial charge in [0.05, 0.1) is 6.26 Å². The summed E-state index contributed by atoms with van der Waals surface area (Å²) >= 11 is 3.34. The molecule has 1 amide bonds. The number of hydrogen-bond donors (Lipinski definition) is 1. The van der Waals surface area contributed by atoms with Crippen LogP contribution in [0.2, 0.25) is 0 Å². The third kappa shape index (κ3) is 4.32. The van der Waals surface area contributed by atoms with Crippen LogP contribution in [0.5, 0.6) is 0 Å². The van der Waals surface area contributed by atoms with E-state index in [0.717, 1.165) is 10.7 Å². The second-order valence-corrected chi connectivity index (χ2v) is 7.46. The fourth-order valence-corrected chi connectivity index (χ4v) is 2.86. The minimum atomic E-state index is -3.31. The number of nitrogens with one attached hydrogen (secondary N) is 1. The number of rotatable bonds is 4. The molecule has 0 atom stereocenters. The summed E-state index contributed by atoms with van der Waals surface area (Å²) in [6, 6.07) is 13.7. The first kappa shape index (κ1) is 16.5. The highest BCUT2D eigenvalue weighted by atomic mass is 79.9. The molecule has 0 saturated carbocycles. The van der Waals surface area contributed by atoms with Gasteiger partial charge in [0.15, 0.2) is 0 Å². The Morgan fingerprint density at radius 3 is 2.32 bits per heavy atom. The summed E-state index contributed by atoms with van der Waals surface area (Å²) in [6.07, 6.45) is 1.09. The molecular weight excluding hydrogens is 368 g/mol. The van der Waals surface area contributed by atoms with E-state index in [4.69, 9.17) is 0 Å². The minimum absolute atomic E-state index is 0.148. The Kier molecular flexibility index (Phi) is 4.87. The van der Waals surface area contributed by atoms with Gasteiger partial charge in [0.1, 0.15) is 0 Å². The van der Waals surface area contributed by atoms with Gasteiger partial charge < -0.3 is 4.90 Å². The van der Waals surface area contributed by atoms with E-state index < -0.39 is 10.0 Å². The molecule has 5 nitrogen and oxygen atoms in total. The van der Waals surface area contributed by atoms with Crippen LogP contribution in [0.25, 0.3) is 0 Å². The van der Waals surface area contributed by atoms with Crippen LogP contribution < -0.4 is 9.62 Å². The number of benzene rings is 2. The summed E-state index contributed by atoms with van der Waals surface area (Å²) in [5.41, 5.74) is 1.69. The lowest BCUT2D eigenvalue weighted by Crippen LogP contribution is -2.26. The zero-order valence-corrected chi connectivity index (χ0v) is 14.5. The summed E-state index contributed by atoms with van der Waals surface area (Å²) < 4.78 is 25.5. The van der Waals surface area contributed by atoms with Crippen molar-refractivity contribution in [1.82, 2.24) is 0 Å². The number of sulfonamides is 1. The van der Waals surface area contributed by atoms with Crippen LogP contribution in [0.1, 0.15) is 10.4 Å². The Balaban J connectivity index is 2.19. The Morgan fingerprint density at radius 2 is 1.77 bits per heavy atom. The van der Waals surface area contributed by atoms with Crippen molar-refractivity contribution in [3.8, 4) is 0 Å². The zero-order valence-electron chi connectivity index (χ0n) is 12.1. The summed E-state index contributed by atoms with van der Waals surface area (Å²) in [5, 5.41) is 0. The molecule has 22 heavy (non-hydrogen) atoms. The molecule has 0 unspecified atom stereocenters. The van der Waals surface area contributed by atoms with Gasteiger partial charge in [-0.3, -0.25) is 9.52 Å². The van der Waals surface area contributed by atoms with E-state index >= 15 is 0 Å². The Labute approximate surface area is 138 Å². The van der Waals surface area contributed by atoms with E-state index in [1.165, 1.54) is 4.90 Å². The highest BCUT2D eigenvalue weighted by Gasteiger charge is 2.13. The maximum absolute atomic E-state index is 12.4. The second kappa shape index (κ2) is 6.50. The zero-order chi connectivity index (χ0) is 16.3. The smallest absolute Gasteiger partial charge is 0.258 e. The monoisotopic (exact) mass is 382 g/mol. The molecule has 0 aliphatic rings. The normalized spacial score (nSPS) is 11.0. The quantitative estimate of drug-likeness (QED) is 0.883. The number of halogens is 1. The molecule has 0 aromatic heterocycles. The highest BCUT2D eigenvalue weighted by Crippen LogP contribution is 2.20. The predicted molar refractivity (Wildman–Crippen MR) is 91.8 cm³/mol. The van der Waals surface area contributed by atoms with E-state index in [0.29, 0.717) is 16.9 Å². The lowest BCUT2D eigenvalue weighted by atomic mass is 10.2. The first-order chi connectivity index (χ1) is 10.3. The summed E-state index contributed by atoms with van der Waals surface area (Å²) in [7, 11) is -1.64. The van der Waals surface area contributed by atoms with Crippen molar-refractivity contribution in [3.05, 3.63) is 58.6 Å². The topological polar surface area (TPSA) is 66.5 Å². The van der Waals surface area contributed by atoms with Gasteiger partial charge in [-0.1, -0.05) is 22.0 Å². The van der Waals surface area contributed by atoms with Crippen LogP contribution in [0.15, 0.2) is 53.0 Å². The minimum Gasteiger partial charge on any atom is -0.311 e. The van der Waals surface area contributed by atoms with E-state index in [1.54, 1.807) is 49.5 Å². The van der Waals surface area contributed by atoms with E-state index in [-0.39, 0.29) is 5.91 Å². The van der Waals surface area contributed by atoms with Gasteiger partial charge in [-0.05, 0) is 42.5 Å². The maximum Gasteiger partial charge on any atom is 0.258 e. The fraction of sp³-hybridized carbons (Fsp3) is 0.133. The number of hydrogen-bond acceptors (Lipinski definition) is 3. The average molecular weight is 383 g/mol. The third-order valence-electron chi connectivity index (χ3n) is 2.93. The van der Waals surface area contributed by atoms with E-state index in [9.17, 15) is 13.2 Å². The van der Waals surface area contributed by atoms with Crippen molar-refractivity contribution < 1.29 is 13.2 Å². The van der Waals surface area contributed by atoms with E-state index in [1.807, 2.05) is 6.07 Å². The highest BCUT2D eigenvalue weighted by molar-refractivity contribution is 9.10. The molecule has 0 bridgehead atoms. The molecule has 0 aliphatic heterocycles. The molecular formula is C15H15BrN2O3S. The summed E-state index contributed by atoms with van der Waals surface area (Å²) in [6.45, 7) is 0. The second-order valence-electron chi connectivity index (χ2n) is 4.80. The van der Waals surface area contributed by atoms with Crippen molar-refractivity contribution in [2.75, 3.05) is 22.9 Å². The Bertz CT molecular complexity index is 789. The maximum atomic E-state index is 12.4. The molecule has 7 heteroatoms. The molecule has 0 heterocycles. The number of carbonyl (C=O) groups excluding carboxylic acids is 1. The molecule has 2 rings (SSSR count). The first-order valence-corrected chi connectivity index (χ1v) is 9.06. The van der Waals surface area contributed by atoms with Crippen molar-refractivity contribution in [2.24, 2.45) is 0 Å². The first-order valence-electron chi connectivity index (χ1n) is 6.38. The largest absolute Gasteiger partial charge is 0.311 e. The van der Waals surface area contributed by atoms with Crippen LogP contribution in [0.3, 0.4) is 0 Å². The average Bonchev–Trinajstić information content (AvgIpc) is 2.45. The van der Waals surface area contributed by atoms with Crippen LogP contribution in [-0.4, -0.2) is 27.6 Å². The molecule has 0 fully saturated rings. The lowest BCUT2D eigenvalue weighted by molar-refractivity contribution is 0.0993. The molecule has 0 radical (unpaired) electrons. The Hall–Kier alpha value is -1.86. The fourth-order valence-electron chi connectivity index (χ4n) is 1.90. The van der Waals surface area contributed by atoms with Gasteiger partial charge in [0.25, 0.3) is 5.91 Å². The van der Waals surface area contributed by atoms with E-state index in [2.05, 4.69) is 20.7 Å². The summed E-state index contributed by atoms with van der Waals surface area (Å²) in [4.78, 5) is 13.9. The van der Waals surface area contributed by atoms with Crippen LogP contribution in [0.4, 0.5) is 11.4 Å². The van der Waals surface area contributed by atoms with Crippen LogP contribution in [0, 0.1) is 0 Å². The molecule has 0 saturated heterocycles. The summed E-state index contributed by atoms with van der Waals surface area (Å²) in [5.74, 6) is -0.148. The molecule has 1 N–H and O–H groups in total. The van der Waals surface area contributed by atoms with Crippen LogP contribution in [-0.2, 0) is 10.0 Å². The molecule has 2 aromatic rings. The van der Waals surface area contributed by atoms with Crippen LogP contribution >= 0.6 is 15.9 Å². The SMILES string of the molecule is CN(C(=O)c1cccc(Br)c1)c1ccc(NS(C)(=O)=O)cc1. The number of carbonyl (C=O) groups is 1. The lowest BCUT2D eigenvalue weighted by Gasteiger charge is -2.18. The van der Waals surface area contributed by atoms with Gasteiger partial charge in [0, 0.05) is 28.5 Å². The Morgan fingerprint density at radius 1 is 1.14 bits per heavy atom. The van der Waals surface area contributed by atoms with Gasteiger partial charge in [-0.2, -0.15) is 0 Å². The number of amides is 1. The molecule has 0 aliphatic carbocycles. The number of nitrogens with zero attached hydrogens (tertiary/aromatic N) is 1. The van der Waals surface area contributed by atoms with Crippen molar-refractivity contribution in [2.45, 2.75) is 0 Å². The van der Waals surface area contributed by atoms with Gasteiger partial charge in [-0.15, -0.1) is 0 Å². The van der Waals surface area contributed by atoms with Crippen molar-refractivity contribution in [3.63, 3.8) is 0 Å². The van der Waals surface area contributed by atoms with Gasteiger partial charge in [0.2, 0.25) is 10.0 Å². The number of anilines is 2. The van der Waals surface area contributed by atoms with Crippen molar-refractivity contribution in [1.29, 1.82) is 0 Å². The van der Waals surface area contributed by atoms with Crippen molar-refractivity contribution >= 4 is 43.2 Å².